The number of aromatic nitrogens is 3. The van der Waals surface area contributed by atoms with E-state index in [-0.39, 0.29) is 71.5 Å². The van der Waals surface area contributed by atoms with Crippen molar-refractivity contribution >= 4 is 50.9 Å². The number of aryl methyl sites for hydroxylation is 1. The molecule has 4 saturated heterocycles. The smallest absolute Gasteiger partial charge is 0.319 e. The number of carbonyl (C=O) groups is 3. The zero-order valence-electron chi connectivity index (χ0n) is 43.6. The summed E-state index contributed by atoms with van der Waals surface area (Å²) in [6.45, 7) is 12.2. The molecule has 1 N–H and O–H groups in total. The van der Waals surface area contributed by atoms with Crippen molar-refractivity contribution in [2.24, 2.45) is 16.7 Å². The average molecular weight is 1040 g/mol. The van der Waals surface area contributed by atoms with Gasteiger partial charge in [-0.15, -0.1) is 0 Å². The predicted molar refractivity (Wildman–Crippen MR) is 281 cm³/mol. The summed E-state index contributed by atoms with van der Waals surface area (Å²) in [6, 6.07) is 12.4. The van der Waals surface area contributed by atoms with Gasteiger partial charge in [0, 0.05) is 101 Å². The Labute approximate surface area is 441 Å². The van der Waals surface area contributed by atoms with Crippen molar-refractivity contribution in [3.05, 3.63) is 77.0 Å². The molecule has 3 aliphatic carbocycles. The minimum absolute atomic E-state index is 0.00782. The number of ether oxygens (including phenoxy) is 4. The van der Waals surface area contributed by atoms with Gasteiger partial charge in [-0.05, 0) is 147 Å². The normalized spacial score (nSPS) is 24.4. The van der Waals surface area contributed by atoms with E-state index in [1.807, 2.05) is 25.1 Å². The molecule has 400 valence electrons. The molecular weight excluding hydrogens is 973 g/mol. The van der Waals surface area contributed by atoms with Crippen LogP contribution in [0.5, 0.6) is 11.8 Å². The predicted octanol–water partition coefficient (Wildman–Crippen LogP) is 7.27. The summed E-state index contributed by atoms with van der Waals surface area (Å²) in [5.41, 5.74) is 4.19. The van der Waals surface area contributed by atoms with Crippen molar-refractivity contribution in [3.63, 3.8) is 0 Å². The number of anilines is 2. The third-order valence-corrected chi connectivity index (χ3v) is 18.1. The first-order chi connectivity index (χ1) is 37.0. The number of imide groups is 1. The molecule has 1 spiro atoms. The van der Waals surface area contributed by atoms with Crippen LogP contribution in [-0.2, 0) is 32.0 Å². The zero-order valence-corrected chi connectivity index (χ0v) is 43.6. The third kappa shape index (κ3) is 9.29. The van der Waals surface area contributed by atoms with E-state index in [1.165, 1.54) is 38.9 Å². The van der Waals surface area contributed by atoms with Crippen LogP contribution in [0, 0.1) is 28.4 Å². The number of nitrogens with one attached hydrogen (secondary N) is 1. The molecule has 3 unspecified atom stereocenters. The monoisotopic (exact) mass is 1040 g/mol. The Hall–Kier alpha value is -6.08. The Kier molecular flexibility index (Phi) is 12.9. The molecule has 18 heteroatoms. The van der Waals surface area contributed by atoms with Crippen LogP contribution >= 0.6 is 0 Å². The number of methoxy groups -OCH3 is 1. The number of nitrogens with zero attached hydrogens (tertiary/aromatic N) is 8. The first-order valence-electron chi connectivity index (χ1n) is 27.7. The van der Waals surface area contributed by atoms with Crippen molar-refractivity contribution in [3.8, 4) is 23.0 Å². The molecule has 76 heavy (non-hydrogen) atoms. The van der Waals surface area contributed by atoms with Crippen molar-refractivity contribution in [1.29, 1.82) is 0 Å². The lowest BCUT2D eigenvalue weighted by Crippen LogP contribution is -2.53. The van der Waals surface area contributed by atoms with Gasteiger partial charge in [0.15, 0.2) is 12.6 Å². The maximum atomic E-state index is 17.5. The van der Waals surface area contributed by atoms with Crippen molar-refractivity contribution in [2.75, 3.05) is 95.8 Å². The molecule has 3 saturated carbocycles. The van der Waals surface area contributed by atoms with Crippen molar-refractivity contribution < 1.29 is 42.1 Å². The van der Waals surface area contributed by atoms with Crippen molar-refractivity contribution in [2.45, 2.75) is 102 Å². The van der Waals surface area contributed by atoms with Gasteiger partial charge in [0.05, 0.1) is 24.1 Å². The van der Waals surface area contributed by atoms with Crippen LogP contribution in [0.2, 0.25) is 0 Å². The van der Waals surface area contributed by atoms with Crippen LogP contribution in [0.25, 0.3) is 32.9 Å². The Balaban J connectivity index is 0.638. The second-order valence-corrected chi connectivity index (χ2v) is 23.1. The highest BCUT2D eigenvalue weighted by molar-refractivity contribution is 6.06. The van der Waals surface area contributed by atoms with Crippen LogP contribution < -0.4 is 24.6 Å². The van der Waals surface area contributed by atoms with Gasteiger partial charge in [0.1, 0.15) is 34.6 Å². The largest absolute Gasteiger partial charge is 0.468 e. The molecule has 3 aromatic carbocycles. The van der Waals surface area contributed by atoms with E-state index in [0.717, 1.165) is 95.2 Å². The second kappa shape index (κ2) is 19.7. The van der Waals surface area contributed by atoms with E-state index >= 15 is 8.78 Å². The molecule has 7 heterocycles. The summed E-state index contributed by atoms with van der Waals surface area (Å²) < 4.78 is 56.6. The lowest BCUT2D eigenvalue weighted by atomic mass is 9.57. The number of likely N-dealkylation sites (tertiary alicyclic amines) is 1. The van der Waals surface area contributed by atoms with E-state index in [0.29, 0.717) is 89.0 Å². The molecule has 13 rings (SSSR count). The topological polar surface area (TPSA) is 155 Å². The first-order valence-corrected chi connectivity index (χ1v) is 27.7. The first kappa shape index (κ1) is 49.5. The minimum atomic E-state index is -0.625. The fourth-order valence-corrected chi connectivity index (χ4v) is 13.7. The quantitative estimate of drug-likeness (QED) is 0.0826. The van der Waals surface area contributed by atoms with Gasteiger partial charge < -0.3 is 38.5 Å². The number of hydrogen-bond donors (Lipinski definition) is 1. The third-order valence-electron chi connectivity index (χ3n) is 18.1. The van der Waals surface area contributed by atoms with Gasteiger partial charge in [-0.1, -0.05) is 13.0 Å². The summed E-state index contributed by atoms with van der Waals surface area (Å²) in [7, 11) is 1.53. The van der Waals surface area contributed by atoms with Crippen LogP contribution in [0.3, 0.4) is 0 Å². The molecule has 2 aromatic heterocycles. The number of piperazine rings is 1. The number of carbonyl (C=O) groups excluding carboxylic acids is 3. The minimum Gasteiger partial charge on any atom is -0.468 e. The van der Waals surface area contributed by atoms with Gasteiger partial charge >= 0.3 is 6.01 Å². The van der Waals surface area contributed by atoms with E-state index in [9.17, 15) is 14.4 Å². The van der Waals surface area contributed by atoms with E-state index in [4.69, 9.17) is 33.9 Å². The number of benzene rings is 3. The highest BCUT2D eigenvalue weighted by atomic mass is 19.1. The molecule has 0 radical (unpaired) electrons. The molecular formula is C58H67F2N9O7. The summed E-state index contributed by atoms with van der Waals surface area (Å²) in [4.78, 5) is 63.6. The highest BCUT2D eigenvalue weighted by Crippen LogP contribution is 2.54. The Morgan fingerprint density at radius 3 is 2.49 bits per heavy atom. The van der Waals surface area contributed by atoms with Gasteiger partial charge in [-0.25, -0.2) is 8.78 Å². The fraction of sp³-hybridized carbons (Fsp3) is 0.552. The summed E-state index contributed by atoms with van der Waals surface area (Å²) >= 11 is 0. The number of fused-ring (bicyclic) bond motifs is 4. The summed E-state index contributed by atoms with van der Waals surface area (Å²) in [6.07, 6.45) is 11.6. The number of rotatable bonds is 15. The Morgan fingerprint density at radius 1 is 0.882 bits per heavy atom. The molecule has 7 fully saturated rings. The number of amides is 3. The van der Waals surface area contributed by atoms with Crippen LogP contribution in [0.15, 0.2) is 48.7 Å². The van der Waals surface area contributed by atoms with Crippen LogP contribution in [0.1, 0.15) is 92.6 Å². The Bertz CT molecular complexity index is 3110. The number of hydrogen-bond acceptors (Lipinski definition) is 14. The zero-order chi connectivity index (χ0) is 51.9. The summed E-state index contributed by atoms with van der Waals surface area (Å²) in [5.74, 6) is -0.0117. The molecule has 3 atom stereocenters. The standard InChI is InChI=1S/C58H67F2N9O7/c1-3-40-44(59)8-5-36-24-39(76-34-73-2)25-42(49(36)40)51-50(60)52-43(29-61-51)53(68-15-4-22-74-47-26-46(47)68)64-56(63-52)75-33-58(11-12-58)32-66-16-13-57(14-17-66)27-35(28-57)30-65-18-20-67(21-19-65)38-6-7-41-37(23-38)31-69(55(41)72)45-9-10-48(70)62-54(45)71/h5-8,23-25,29,35,45-47H,3-4,9-22,26-28,30-34H2,1-2H3,(H,62,70,71). The molecule has 5 aliphatic heterocycles. The molecule has 16 nitrogen and oxygen atoms in total. The lowest BCUT2D eigenvalue weighted by molar-refractivity contribution is -0.136. The molecule has 8 aliphatic rings. The van der Waals surface area contributed by atoms with Gasteiger partial charge in [-0.2, -0.15) is 9.97 Å². The van der Waals surface area contributed by atoms with Gasteiger partial charge in [0.25, 0.3) is 5.91 Å². The van der Waals surface area contributed by atoms with Crippen LogP contribution in [-0.4, -0.2) is 152 Å². The maximum Gasteiger partial charge on any atom is 0.319 e. The summed E-state index contributed by atoms with van der Waals surface area (Å²) in [5, 5.41) is 4.18. The average Bonchev–Trinajstić information content (AvgIpc) is 4.39. The van der Waals surface area contributed by atoms with E-state index < -0.39 is 11.9 Å². The molecule has 5 aromatic rings. The number of piperidine rings is 2. The molecule has 0 bridgehead atoms. The number of halogens is 2. The van der Waals surface area contributed by atoms with Gasteiger partial charge in [-0.3, -0.25) is 29.6 Å². The Morgan fingerprint density at radius 2 is 1.71 bits per heavy atom. The molecule has 3 amide bonds. The number of pyridine rings is 1. The van der Waals surface area contributed by atoms with E-state index in [2.05, 4.69) is 31.0 Å². The second-order valence-electron chi connectivity index (χ2n) is 23.1. The SMILES string of the molecule is CCc1c(F)ccc2cc(OCOC)cc(-c3ncc4c(N5CCCOC6CC65)nc(OCC5(CN6CCC7(CC6)CC(CN6CCN(c8ccc9c(c8)CN(C8CCC(=O)NC8=O)C9=O)CC6)C7)CC5)nc4c3F)c12. The highest BCUT2D eigenvalue weighted by Gasteiger charge is 2.50. The van der Waals surface area contributed by atoms with Crippen LogP contribution in [0.4, 0.5) is 20.3 Å². The van der Waals surface area contributed by atoms with E-state index in [1.54, 1.807) is 23.2 Å². The maximum absolute atomic E-state index is 17.5. The van der Waals surface area contributed by atoms with Gasteiger partial charge in [0.2, 0.25) is 11.8 Å². The fourth-order valence-electron chi connectivity index (χ4n) is 13.7. The lowest BCUT2D eigenvalue weighted by Gasteiger charge is -2.54. The van der Waals surface area contributed by atoms with Crippen molar-refractivity contribution in [1.82, 2.24) is 35.0 Å².